The third-order valence-electron chi connectivity index (χ3n) is 6.00. The second kappa shape index (κ2) is 18.7. The molecule has 1 saturated carbocycles. The summed E-state index contributed by atoms with van der Waals surface area (Å²) in [7, 11) is -4.05. The van der Waals surface area contributed by atoms with Crippen molar-refractivity contribution in [2.24, 2.45) is 0 Å². The van der Waals surface area contributed by atoms with Gasteiger partial charge in [0.2, 0.25) is 0 Å². The first kappa shape index (κ1) is 33.7. The molecule has 0 radical (unpaired) electrons. The van der Waals surface area contributed by atoms with Gasteiger partial charge in [0, 0.05) is 0 Å². The second-order valence-corrected chi connectivity index (χ2v) is 15.2. The van der Waals surface area contributed by atoms with Gasteiger partial charge >= 0.3 is 251 Å². The molecule has 0 spiro atoms. The normalized spacial score (nSPS) is 17.0. The van der Waals surface area contributed by atoms with Gasteiger partial charge in [0.15, 0.2) is 0 Å². The SMILES string of the molecule is C=COCCOc1ccc(I(OS(=O)(=O)NC2CCC(OCCOC=C)CC2)c2ccc(OCCOC=C)cc2)cc1. The van der Waals surface area contributed by atoms with Gasteiger partial charge in [0.05, 0.1) is 0 Å². The summed E-state index contributed by atoms with van der Waals surface area (Å²) < 4.78 is 69.3. The van der Waals surface area contributed by atoms with Crippen LogP contribution < -0.4 is 14.2 Å². The summed E-state index contributed by atoms with van der Waals surface area (Å²) in [5, 5.41) is 0. The second-order valence-electron chi connectivity index (χ2n) is 8.95. The Labute approximate surface area is 256 Å². The number of hydrogen-bond acceptors (Lipinski definition) is 9. The fraction of sp³-hybridized carbons (Fsp3) is 0.400. The van der Waals surface area contributed by atoms with E-state index in [1.54, 1.807) is 24.3 Å². The number of hydrogen-bond donors (Lipinski definition) is 1. The Morgan fingerprint density at radius 1 is 0.690 bits per heavy atom. The summed E-state index contributed by atoms with van der Waals surface area (Å²) in [6.07, 6.45) is 7.02. The van der Waals surface area contributed by atoms with Gasteiger partial charge in [-0.1, -0.05) is 6.58 Å². The van der Waals surface area contributed by atoms with Crippen LogP contribution in [0.4, 0.5) is 0 Å². The zero-order valence-electron chi connectivity index (χ0n) is 23.7. The summed E-state index contributed by atoms with van der Waals surface area (Å²) in [5.74, 6) is 1.28. The van der Waals surface area contributed by atoms with Gasteiger partial charge < -0.3 is 0 Å². The van der Waals surface area contributed by atoms with Crippen molar-refractivity contribution in [2.45, 2.75) is 37.8 Å². The van der Waals surface area contributed by atoms with E-state index in [0.29, 0.717) is 64.0 Å². The van der Waals surface area contributed by atoms with Crippen molar-refractivity contribution in [3.63, 3.8) is 0 Å². The van der Waals surface area contributed by atoms with Gasteiger partial charge in [-0.05, 0) is 0 Å². The van der Waals surface area contributed by atoms with Gasteiger partial charge in [0.25, 0.3) is 0 Å². The van der Waals surface area contributed by atoms with Crippen molar-refractivity contribution in [1.29, 1.82) is 0 Å². The third kappa shape index (κ3) is 12.2. The van der Waals surface area contributed by atoms with E-state index in [1.807, 2.05) is 24.3 Å². The zero-order chi connectivity index (χ0) is 30.0. The molecule has 0 bridgehead atoms. The molecule has 0 aliphatic heterocycles. The molecule has 0 atom stereocenters. The Bertz CT molecular complexity index is 1120. The van der Waals surface area contributed by atoms with Crippen LogP contribution >= 0.6 is 20.2 Å². The molecule has 1 N–H and O–H groups in total. The van der Waals surface area contributed by atoms with E-state index in [-0.39, 0.29) is 12.1 Å². The Hall–Kier alpha value is -2.78. The van der Waals surface area contributed by atoms with Gasteiger partial charge in [-0.2, -0.15) is 0 Å². The van der Waals surface area contributed by atoms with Crippen molar-refractivity contribution in [2.75, 3.05) is 39.6 Å². The van der Waals surface area contributed by atoms with E-state index in [2.05, 4.69) is 24.5 Å². The van der Waals surface area contributed by atoms with E-state index in [9.17, 15) is 8.42 Å². The van der Waals surface area contributed by atoms with Gasteiger partial charge in [-0.3, -0.25) is 0 Å². The van der Waals surface area contributed by atoms with Crippen LogP contribution in [0.3, 0.4) is 0 Å². The summed E-state index contributed by atoms with van der Waals surface area (Å²) in [4.78, 5) is 0. The zero-order valence-corrected chi connectivity index (χ0v) is 26.6. The van der Waals surface area contributed by atoms with Gasteiger partial charge in [-0.15, -0.1) is 0 Å². The molecule has 1 aliphatic carbocycles. The third-order valence-corrected chi connectivity index (χ3v) is 13.1. The monoisotopic (exact) mass is 717 g/mol. The van der Waals surface area contributed by atoms with E-state index in [1.165, 1.54) is 18.8 Å². The van der Waals surface area contributed by atoms with Crippen molar-refractivity contribution in [3.05, 3.63) is 94.2 Å². The first-order valence-corrected chi connectivity index (χ1v) is 18.1. The maximum atomic E-state index is 13.3. The molecule has 0 amide bonds. The van der Waals surface area contributed by atoms with Crippen molar-refractivity contribution in [3.8, 4) is 11.5 Å². The molecule has 3 rings (SSSR count). The van der Waals surface area contributed by atoms with E-state index in [4.69, 9.17) is 30.9 Å². The Morgan fingerprint density at radius 2 is 1.14 bits per heavy atom. The molecular weight excluding hydrogens is 677 g/mol. The molecule has 42 heavy (non-hydrogen) atoms. The summed E-state index contributed by atoms with van der Waals surface area (Å²) in [6, 6.07) is 14.4. The van der Waals surface area contributed by atoms with Crippen LogP contribution in [0.15, 0.2) is 87.1 Å². The van der Waals surface area contributed by atoms with Crippen molar-refractivity contribution in [1.82, 2.24) is 4.72 Å². The van der Waals surface area contributed by atoms with Gasteiger partial charge in [-0.25, -0.2) is 0 Å². The van der Waals surface area contributed by atoms with E-state index in [0.717, 1.165) is 20.0 Å². The predicted octanol–water partition coefficient (Wildman–Crippen LogP) is 5.56. The van der Waals surface area contributed by atoms with Gasteiger partial charge in [0.1, 0.15) is 0 Å². The molecule has 232 valence electrons. The number of nitrogens with one attached hydrogen (secondary N) is 1. The van der Waals surface area contributed by atoms with Crippen LogP contribution in [-0.2, 0) is 31.8 Å². The van der Waals surface area contributed by atoms with Crippen LogP contribution in [-0.4, -0.2) is 60.2 Å². The number of ether oxygens (including phenoxy) is 6. The summed E-state index contributed by atoms with van der Waals surface area (Å²) in [5.41, 5.74) is 0. The topological polar surface area (TPSA) is 111 Å². The Morgan fingerprint density at radius 3 is 1.60 bits per heavy atom. The molecular formula is C30H40INO9S. The van der Waals surface area contributed by atoms with Crippen LogP contribution in [0.2, 0.25) is 0 Å². The molecule has 0 saturated heterocycles. The van der Waals surface area contributed by atoms with Crippen LogP contribution in [0.25, 0.3) is 0 Å². The summed E-state index contributed by atoms with van der Waals surface area (Å²) >= 11 is -2.91. The maximum absolute atomic E-state index is 13.3. The molecule has 0 unspecified atom stereocenters. The fourth-order valence-electron chi connectivity index (χ4n) is 4.07. The molecule has 0 heterocycles. The predicted molar refractivity (Wildman–Crippen MR) is 169 cm³/mol. The van der Waals surface area contributed by atoms with Crippen LogP contribution in [0.5, 0.6) is 11.5 Å². The average molecular weight is 718 g/mol. The van der Waals surface area contributed by atoms with Crippen molar-refractivity contribution < 1.29 is 39.4 Å². The Kier molecular flexibility index (Phi) is 15.0. The molecule has 2 aromatic carbocycles. The number of benzene rings is 2. The fourth-order valence-corrected chi connectivity index (χ4v) is 10.8. The molecule has 1 fully saturated rings. The number of halogens is 1. The first-order chi connectivity index (χ1) is 20.4. The quantitative estimate of drug-likeness (QED) is 0.101. The minimum atomic E-state index is -4.05. The Balaban J connectivity index is 1.67. The molecule has 0 aromatic heterocycles. The number of rotatable bonds is 21. The average Bonchev–Trinajstić information content (AvgIpc) is 3.00. The minimum absolute atomic E-state index is 0.0801. The first-order valence-electron chi connectivity index (χ1n) is 13.6. The van der Waals surface area contributed by atoms with Crippen LogP contribution in [0.1, 0.15) is 25.7 Å². The summed E-state index contributed by atoms with van der Waals surface area (Å²) in [6.45, 7) is 12.9. The van der Waals surface area contributed by atoms with E-state index < -0.39 is 30.5 Å². The molecule has 10 nitrogen and oxygen atoms in total. The molecule has 1 aliphatic rings. The van der Waals surface area contributed by atoms with E-state index >= 15 is 0 Å². The molecule has 12 heteroatoms. The standard InChI is InChI=1S/C30H40INO9S/c1-4-35-19-22-38-28-13-7-25(8-14-28)31(26-9-15-29(16-10-26)39-23-20-36-5-2)41-42(33,34)32-27-11-17-30(18-12-27)40-24-21-37-6-3/h4-10,13-16,27,30,32H,1-3,11-12,17-24H2. The van der Waals surface area contributed by atoms with Crippen molar-refractivity contribution >= 4 is 30.5 Å². The molecule has 2 aromatic rings. The van der Waals surface area contributed by atoms with Crippen LogP contribution in [0, 0.1) is 7.14 Å².